The van der Waals surface area contributed by atoms with Crippen LogP contribution in [0.2, 0.25) is 0 Å². The molecule has 2 aliphatic heterocycles. The molecule has 0 aliphatic carbocycles. The highest BCUT2D eigenvalue weighted by Gasteiger charge is 2.32. The van der Waals surface area contributed by atoms with Gasteiger partial charge in [-0.2, -0.15) is 5.26 Å². The Hall–Kier alpha value is -3.12. The maximum atomic E-state index is 10.7. The van der Waals surface area contributed by atoms with Crippen LogP contribution in [0.4, 0.5) is 11.5 Å². The van der Waals surface area contributed by atoms with Crippen LogP contribution in [0.25, 0.3) is 0 Å². The van der Waals surface area contributed by atoms with E-state index >= 15 is 0 Å². The van der Waals surface area contributed by atoms with Crippen molar-refractivity contribution in [1.29, 1.82) is 5.26 Å². The molecule has 1 atom stereocenters. The Labute approximate surface area is 150 Å². The van der Waals surface area contributed by atoms with Crippen molar-refractivity contribution in [2.75, 3.05) is 37.6 Å². The molecule has 2 aromatic rings. The molecule has 9 nitrogen and oxygen atoms in total. The van der Waals surface area contributed by atoms with Gasteiger partial charge in [0.1, 0.15) is 12.3 Å². The maximum Gasteiger partial charge on any atom is 0.414 e. The van der Waals surface area contributed by atoms with Gasteiger partial charge in [0.25, 0.3) is 0 Å². The van der Waals surface area contributed by atoms with Gasteiger partial charge in [0, 0.05) is 43.4 Å². The molecule has 26 heavy (non-hydrogen) atoms. The number of hydrogen-bond acceptors (Lipinski definition) is 7. The molecule has 1 fully saturated rings. The van der Waals surface area contributed by atoms with Crippen molar-refractivity contribution in [3.05, 3.63) is 46.1 Å². The van der Waals surface area contributed by atoms with Crippen molar-refractivity contribution >= 4 is 11.5 Å². The lowest BCUT2D eigenvalue weighted by Crippen LogP contribution is -2.49. The number of piperazine rings is 1. The van der Waals surface area contributed by atoms with Gasteiger partial charge in [0.15, 0.2) is 0 Å². The van der Waals surface area contributed by atoms with Crippen molar-refractivity contribution in [2.45, 2.75) is 12.6 Å². The fraction of sp³-hybridized carbons (Fsp3) is 0.412. The molecule has 0 saturated carbocycles. The van der Waals surface area contributed by atoms with Gasteiger partial charge in [-0.05, 0) is 29.2 Å². The number of rotatable bonds is 4. The van der Waals surface area contributed by atoms with Crippen molar-refractivity contribution in [3.8, 4) is 12.1 Å². The molecule has 0 bridgehead atoms. The molecular formula is C17H18N6O3. The highest BCUT2D eigenvalue weighted by Crippen LogP contribution is 2.25. The van der Waals surface area contributed by atoms with Gasteiger partial charge in [0.05, 0.1) is 18.2 Å². The number of nitro groups is 1. The standard InChI is InChI=1S/C17H18N6O3/c18-9-13-1-3-14(4-2-13)21-7-5-20(6-8-21)10-15-11-22-12-16(23(24)25)19-17(22)26-15/h1-4,12,15H,5-8,10-11H2/t15-/m0/s1. The summed E-state index contributed by atoms with van der Waals surface area (Å²) in [6, 6.07) is 10.1. The van der Waals surface area contributed by atoms with E-state index in [9.17, 15) is 10.1 Å². The van der Waals surface area contributed by atoms with E-state index in [2.05, 4.69) is 20.9 Å². The quantitative estimate of drug-likeness (QED) is 0.601. The Kier molecular flexibility index (Phi) is 4.18. The van der Waals surface area contributed by atoms with Gasteiger partial charge in [-0.3, -0.25) is 9.47 Å². The average Bonchev–Trinajstić information content (AvgIpc) is 3.21. The summed E-state index contributed by atoms with van der Waals surface area (Å²) in [6.45, 7) is 5.03. The van der Waals surface area contributed by atoms with Crippen LogP contribution >= 0.6 is 0 Å². The van der Waals surface area contributed by atoms with Gasteiger partial charge in [-0.25, -0.2) is 0 Å². The lowest BCUT2D eigenvalue weighted by Gasteiger charge is -2.36. The largest absolute Gasteiger partial charge is 0.439 e. The van der Waals surface area contributed by atoms with Crippen LogP contribution in [0, 0.1) is 21.4 Å². The molecule has 1 aromatic heterocycles. The van der Waals surface area contributed by atoms with Crippen LogP contribution in [0.1, 0.15) is 5.56 Å². The summed E-state index contributed by atoms with van der Waals surface area (Å²) in [5, 5.41) is 19.6. The highest BCUT2D eigenvalue weighted by molar-refractivity contribution is 5.50. The Morgan fingerprint density at radius 3 is 2.62 bits per heavy atom. The summed E-state index contributed by atoms with van der Waals surface area (Å²) in [5.41, 5.74) is 1.80. The highest BCUT2D eigenvalue weighted by atomic mass is 16.6. The molecule has 9 heteroatoms. The number of nitriles is 1. The topological polar surface area (TPSA) is 100 Å². The summed E-state index contributed by atoms with van der Waals surface area (Å²) in [7, 11) is 0. The van der Waals surface area contributed by atoms with E-state index in [4.69, 9.17) is 10.00 Å². The van der Waals surface area contributed by atoms with Crippen LogP contribution in [-0.2, 0) is 6.54 Å². The van der Waals surface area contributed by atoms with E-state index in [1.165, 1.54) is 6.20 Å². The SMILES string of the molecule is N#Cc1ccc(N2CCN(C[C@H]3Cn4cc([N+](=O)[O-])nc4O3)CC2)cc1. The number of nitrogens with zero attached hydrogens (tertiary/aromatic N) is 6. The molecule has 0 unspecified atom stereocenters. The molecule has 0 N–H and O–H groups in total. The monoisotopic (exact) mass is 354 g/mol. The van der Waals surface area contributed by atoms with Crippen molar-refractivity contribution in [2.24, 2.45) is 0 Å². The predicted molar refractivity (Wildman–Crippen MR) is 93.1 cm³/mol. The zero-order valence-electron chi connectivity index (χ0n) is 14.1. The minimum atomic E-state index is -0.508. The summed E-state index contributed by atoms with van der Waals surface area (Å²) >= 11 is 0. The fourth-order valence-corrected chi connectivity index (χ4v) is 3.42. The Morgan fingerprint density at radius 2 is 2.00 bits per heavy atom. The van der Waals surface area contributed by atoms with Crippen LogP contribution in [0.5, 0.6) is 6.01 Å². The molecule has 1 saturated heterocycles. The van der Waals surface area contributed by atoms with E-state index < -0.39 is 4.92 Å². The van der Waals surface area contributed by atoms with Gasteiger partial charge in [0.2, 0.25) is 0 Å². The first kappa shape index (κ1) is 16.4. The Bertz CT molecular complexity index is 825. The van der Waals surface area contributed by atoms with Crippen LogP contribution < -0.4 is 9.64 Å². The van der Waals surface area contributed by atoms with Gasteiger partial charge < -0.3 is 19.8 Å². The molecule has 134 valence electrons. The summed E-state index contributed by atoms with van der Waals surface area (Å²) in [4.78, 5) is 18.8. The first-order valence-electron chi connectivity index (χ1n) is 8.48. The van der Waals surface area contributed by atoms with Crippen LogP contribution in [0.3, 0.4) is 0 Å². The molecule has 1 aromatic carbocycles. The minimum Gasteiger partial charge on any atom is -0.439 e. The summed E-state index contributed by atoms with van der Waals surface area (Å²) < 4.78 is 7.44. The number of anilines is 1. The number of aromatic nitrogens is 2. The molecular weight excluding hydrogens is 336 g/mol. The number of imidazole rings is 1. The van der Waals surface area contributed by atoms with Gasteiger partial charge in [-0.1, -0.05) is 0 Å². The average molecular weight is 354 g/mol. The molecule has 2 aliphatic rings. The van der Waals surface area contributed by atoms with E-state index in [1.54, 1.807) is 4.57 Å². The zero-order valence-corrected chi connectivity index (χ0v) is 14.1. The minimum absolute atomic E-state index is 0.0280. The molecule has 0 amide bonds. The van der Waals surface area contributed by atoms with E-state index in [1.807, 2.05) is 24.3 Å². The lowest BCUT2D eigenvalue weighted by molar-refractivity contribution is -0.389. The second kappa shape index (κ2) is 6.65. The molecule has 4 rings (SSSR count). The van der Waals surface area contributed by atoms with E-state index in [-0.39, 0.29) is 11.9 Å². The summed E-state index contributed by atoms with van der Waals surface area (Å²) in [5.74, 6) is -0.172. The first-order chi connectivity index (χ1) is 12.6. The fourth-order valence-electron chi connectivity index (χ4n) is 3.42. The molecule has 0 radical (unpaired) electrons. The number of ether oxygens (including phenoxy) is 1. The second-order valence-electron chi connectivity index (χ2n) is 6.48. The maximum absolute atomic E-state index is 10.7. The number of fused-ring (bicyclic) bond motifs is 1. The van der Waals surface area contributed by atoms with E-state index in [0.717, 1.165) is 38.4 Å². The number of benzene rings is 1. The zero-order chi connectivity index (χ0) is 18.1. The Morgan fingerprint density at radius 1 is 1.27 bits per heavy atom. The van der Waals surface area contributed by atoms with Crippen LogP contribution in [-0.4, -0.2) is 58.2 Å². The van der Waals surface area contributed by atoms with Crippen molar-refractivity contribution in [3.63, 3.8) is 0 Å². The third kappa shape index (κ3) is 3.19. The van der Waals surface area contributed by atoms with Crippen molar-refractivity contribution in [1.82, 2.24) is 14.5 Å². The van der Waals surface area contributed by atoms with E-state index in [0.29, 0.717) is 18.1 Å². The molecule has 3 heterocycles. The first-order valence-corrected chi connectivity index (χ1v) is 8.48. The third-order valence-electron chi connectivity index (χ3n) is 4.78. The second-order valence-corrected chi connectivity index (χ2v) is 6.48. The Balaban J connectivity index is 1.28. The van der Waals surface area contributed by atoms with Gasteiger partial charge >= 0.3 is 11.8 Å². The summed E-state index contributed by atoms with van der Waals surface area (Å²) in [6.07, 6.45) is 1.40. The molecule has 0 spiro atoms. The lowest BCUT2D eigenvalue weighted by atomic mass is 10.2. The third-order valence-corrected chi connectivity index (χ3v) is 4.78. The predicted octanol–water partition coefficient (Wildman–Crippen LogP) is 1.25. The normalized spacial score (nSPS) is 19.7. The smallest absolute Gasteiger partial charge is 0.414 e. The number of hydrogen-bond donors (Lipinski definition) is 0. The van der Waals surface area contributed by atoms with Crippen LogP contribution in [0.15, 0.2) is 30.5 Å². The van der Waals surface area contributed by atoms with Crippen molar-refractivity contribution < 1.29 is 9.66 Å². The van der Waals surface area contributed by atoms with Gasteiger partial charge in [-0.15, -0.1) is 0 Å².